The first-order valence-corrected chi connectivity index (χ1v) is 11.7. The van der Waals surface area contributed by atoms with Crippen LogP contribution in [0.2, 0.25) is 10.0 Å². The summed E-state index contributed by atoms with van der Waals surface area (Å²) in [7, 11) is 0. The van der Waals surface area contributed by atoms with Crippen LogP contribution in [0, 0.1) is 0 Å². The van der Waals surface area contributed by atoms with Crippen LogP contribution >= 0.6 is 58.9 Å². The van der Waals surface area contributed by atoms with Gasteiger partial charge in [-0.1, -0.05) is 53.2 Å². The first-order valence-electron chi connectivity index (χ1n) is 8.36. The first-order chi connectivity index (χ1) is 13.8. The number of amides is 1. The molecule has 29 heavy (non-hydrogen) atoms. The number of halogens is 2. The molecule has 1 atom stereocenters. The Kier molecular flexibility index (Phi) is 7.34. The van der Waals surface area contributed by atoms with E-state index >= 15 is 0 Å². The molecule has 2 heterocycles. The van der Waals surface area contributed by atoms with Crippen LogP contribution in [0.25, 0.3) is 17.4 Å². The van der Waals surface area contributed by atoms with Crippen molar-refractivity contribution in [2.24, 2.45) is 0 Å². The molecule has 1 aliphatic rings. The number of carboxylic acids is 1. The van der Waals surface area contributed by atoms with Crippen LogP contribution < -0.4 is 0 Å². The van der Waals surface area contributed by atoms with Crippen LogP contribution in [0.1, 0.15) is 12.2 Å². The zero-order valence-electron chi connectivity index (χ0n) is 15.1. The molecule has 5 nitrogen and oxygen atoms in total. The van der Waals surface area contributed by atoms with E-state index in [2.05, 4.69) is 0 Å². The molecule has 1 aromatic carbocycles. The van der Waals surface area contributed by atoms with Gasteiger partial charge in [-0.05, 0) is 42.7 Å². The molecule has 1 N–H and O–H groups in total. The highest BCUT2D eigenvalue weighted by Gasteiger charge is 2.40. The predicted molar refractivity (Wildman–Crippen MR) is 124 cm³/mol. The van der Waals surface area contributed by atoms with Gasteiger partial charge in [0.15, 0.2) is 0 Å². The molecule has 0 bridgehead atoms. The van der Waals surface area contributed by atoms with Gasteiger partial charge in [-0.3, -0.25) is 9.69 Å². The third-order valence-corrected chi connectivity index (χ3v) is 6.73. The average Bonchev–Trinajstić information content (AvgIpc) is 3.21. The number of thiocarbonyl (C=S) groups is 1. The van der Waals surface area contributed by atoms with Crippen LogP contribution in [0.15, 0.2) is 39.7 Å². The monoisotopic (exact) mass is 487 g/mol. The Bertz CT molecular complexity index is 985. The van der Waals surface area contributed by atoms with Gasteiger partial charge in [0, 0.05) is 6.08 Å². The van der Waals surface area contributed by atoms with Gasteiger partial charge in [0.25, 0.3) is 5.91 Å². The first kappa shape index (κ1) is 22.2. The SMILES string of the molecule is CSCC[C@@H](C(=O)O)N1C(=O)/C(=C\c2ccc(-c3c(Cl)cccc3Cl)o2)SC1=S. The Labute approximate surface area is 191 Å². The molecule has 1 aromatic heterocycles. The van der Waals surface area contributed by atoms with E-state index in [1.165, 1.54) is 16.7 Å². The summed E-state index contributed by atoms with van der Waals surface area (Å²) in [5.41, 5.74) is 0.561. The number of thioether (sulfide) groups is 2. The van der Waals surface area contributed by atoms with Crippen molar-refractivity contribution in [1.29, 1.82) is 0 Å². The zero-order valence-corrected chi connectivity index (χ0v) is 19.0. The van der Waals surface area contributed by atoms with E-state index in [0.29, 0.717) is 44.2 Å². The van der Waals surface area contributed by atoms with Crippen molar-refractivity contribution in [2.75, 3.05) is 12.0 Å². The number of aliphatic carboxylic acids is 1. The fourth-order valence-corrected chi connectivity index (χ4v) is 5.15. The normalized spacial score (nSPS) is 16.7. The Morgan fingerprint density at radius 1 is 1.34 bits per heavy atom. The van der Waals surface area contributed by atoms with Gasteiger partial charge in [0.2, 0.25) is 0 Å². The van der Waals surface area contributed by atoms with E-state index < -0.39 is 17.9 Å². The van der Waals surface area contributed by atoms with Crippen LogP contribution in [0.3, 0.4) is 0 Å². The lowest BCUT2D eigenvalue weighted by Crippen LogP contribution is -2.44. The number of benzene rings is 1. The van der Waals surface area contributed by atoms with Crippen LogP contribution in [0.4, 0.5) is 0 Å². The van der Waals surface area contributed by atoms with Crippen LogP contribution in [0.5, 0.6) is 0 Å². The van der Waals surface area contributed by atoms with Crippen molar-refractivity contribution >= 4 is 81.2 Å². The lowest BCUT2D eigenvalue weighted by molar-refractivity contribution is -0.145. The summed E-state index contributed by atoms with van der Waals surface area (Å²) >= 11 is 20.3. The summed E-state index contributed by atoms with van der Waals surface area (Å²) in [4.78, 5) is 25.9. The van der Waals surface area contributed by atoms with Gasteiger partial charge in [0.1, 0.15) is 21.9 Å². The van der Waals surface area contributed by atoms with Gasteiger partial charge in [-0.15, -0.1) is 0 Å². The van der Waals surface area contributed by atoms with E-state index in [9.17, 15) is 14.7 Å². The molecule has 0 radical (unpaired) electrons. The standard InChI is InChI=1S/C19H15Cl2NO4S3/c1-28-8-7-13(18(24)25)22-17(23)15(29-19(22)27)9-10-5-6-14(26-10)16-11(20)3-2-4-12(16)21/h2-6,9,13H,7-8H2,1H3,(H,24,25)/b15-9+/t13-/m0/s1. The number of furan rings is 1. The number of hydrogen-bond donors (Lipinski definition) is 1. The quantitative estimate of drug-likeness (QED) is 0.398. The maximum Gasteiger partial charge on any atom is 0.326 e. The number of carboxylic acid groups (broad SMARTS) is 1. The summed E-state index contributed by atoms with van der Waals surface area (Å²) < 4.78 is 6.01. The van der Waals surface area contributed by atoms with Gasteiger partial charge in [-0.25, -0.2) is 4.79 Å². The summed E-state index contributed by atoms with van der Waals surface area (Å²) in [5, 5.41) is 10.4. The van der Waals surface area contributed by atoms with Crippen LogP contribution in [-0.4, -0.2) is 44.3 Å². The molecule has 10 heteroatoms. The number of rotatable bonds is 7. The maximum atomic E-state index is 12.8. The minimum absolute atomic E-state index is 0.218. The van der Waals surface area contributed by atoms with Gasteiger partial charge >= 0.3 is 5.97 Å². The molecule has 0 aliphatic carbocycles. The molecule has 1 amide bonds. The molecule has 152 valence electrons. The van der Waals surface area contributed by atoms with Gasteiger partial charge in [0.05, 0.1) is 20.5 Å². The van der Waals surface area contributed by atoms with E-state index in [-0.39, 0.29) is 4.32 Å². The lowest BCUT2D eigenvalue weighted by atomic mass is 10.2. The summed E-state index contributed by atoms with van der Waals surface area (Å²) in [5.74, 6) is -0.0432. The summed E-state index contributed by atoms with van der Waals surface area (Å²) in [6, 6.07) is 7.55. The minimum atomic E-state index is -1.08. The number of hydrogen-bond acceptors (Lipinski definition) is 6. The van der Waals surface area contributed by atoms with Crippen molar-refractivity contribution in [3.05, 3.63) is 51.0 Å². The van der Waals surface area contributed by atoms with Gasteiger partial charge in [-0.2, -0.15) is 11.8 Å². The second-order valence-electron chi connectivity index (χ2n) is 5.99. The van der Waals surface area contributed by atoms with Crippen molar-refractivity contribution in [1.82, 2.24) is 4.90 Å². The third kappa shape index (κ3) is 4.83. The van der Waals surface area contributed by atoms with Crippen molar-refractivity contribution < 1.29 is 19.1 Å². The fraction of sp³-hybridized carbons (Fsp3) is 0.211. The highest BCUT2D eigenvalue weighted by atomic mass is 35.5. The Morgan fingerprint density at radius 3 is 2.66 bits per heavy atom. The second-order valence-corrected chi connectivity index (χ2v) is 9.46. The topological polar surface area (TPSA) is 70.8 Å². The van der Waals surface area contributed by atoms with Crippen molar-refractivity contribution in [2.45, 2.75) is 12.5 Å². The van der Waals surface area contributed by atoms with E-state index in [4.69, 9.17) is 39.8 Å². The second kappa shape index (κ2) is 9.57. The molecule has 2 aromatic rings. The van der Waals surface area contributed by atoms with Crippen LogP contribution in [-0.2, 0) is 9.59 Å². The van der Waals surface area contributed by atoms with E-state index in [1.54, 1.807) is 36.4 Å². The number of carbonyl (C=O) groups excluding carboxylic acids is 1. The smallest absolute Gasteiger partial charge is 0.326 e. The number of carbonyl (C=O) groups is 2. The molecule has 1 aliphatic heterocycles. The highest BCUT2D eigenvalue weighted by Crippen LogP contribution is 2.38. The summed E-state index contributed by atoms with van der Waals surface area (Å²) in [6.07, 6.45) is 3.73. The maximum absolute atomic E-state index is 12.8. The Balaban J connectivity index is 1.87. The molecule has 0 unspecified atom stereocenters. The van der Waals surface area contributed by atoms with Crippen molar-refractivity contribution in [3.63, 3.8) is 0 Å². The molecule has 3 rings (SSSR count). The Hall–Kier alpha value is -1.45. The third-order valence-electron chi connectivity index (χ3n) is 4.12. The lowest BCUT2D eigenvalue weighted by Gasteiger charge is -2.22. The Morgan fingerprint density at radius 2 is 2.03 bits per heavy atom. The van der Waals surface area contributed by atoms with Gasteiger partial charge < -0.3 is 9.52 Å². The van der Waals surface area contributed by atoms with Crippen molar-refractivity contribution in [3.8, 4) is 11.3 Å². The predicted octanol–water partition coefficient (Wildman–Crippen LogP) is 5.66. The minimum Gasteiger partial charge on any atom is -0.480 e. The zero-order chi connectivity index (χ0) is 21.1. The molecule has 0 spiro atoms. The molecule has 1 saturated heterocycles. The summed E-state index contributed by atoms with van der Waals surface area (Å²) in [6.45, 7) is 0. The molecule has 1 fully saturated rings. The largest absolute Gasteiger partial charge is 0.480 e. The molecule has 0 saturated carbocycles. The van der Waals surface area contributed by atoms with E-state index in [0.717, 1.165) is 11.8 Å². The fourth-order valence-electron chi connectivity index (χ4n) is 2.77. The highest BCUT2D eigenvalue weighted by molar-refractivity contribution is 8.26. The molecular formula is C19H15Cl2NO4S3. The number of nitrogens with zero attached hydrogens (tertiary/aromatic N) is 1. The molecular weight excluding hydrogens is 473 g/mol. The average molecular weight is 488 g/mol. The van der Waals surface area contributed by atoms with E-state index in [1.807, 2.05) is 6.26 Å².